The van der Waals surface area contributed by atoms with Crippen LogP contribution in [0.4, 0.5) is 5.69 Å². The second kappa shape index (κ2) is 2.39. The van der Waals surface area contributed by atoms with E-state index in [1.807, 2.05) is 0 Å². The van der Waals surface area contributed by atoms with Crippen molar-refractivity contribution in [3.63, 3.8) is 0 Å². The van der Waals surface area contributed by atoms with Crippen molar-refractivity contribution in [2.24, 2.45) is 0 Å². The maximum atomic E-state index is 9.36. The number of likely N-dealkylation sites (N-methyl/N-ethyl adjacent to an activating group) is 1. The first-order valence-electron chi connectivity index (χ1n) is 4.39. The van der Waals surface area contributed by atoms with Crippen molar-refractivity contribution >= 4 is 5.69 Å². The Bertz CT molecular complexity index is 358. The van der Waals surface area contributed by atoms with Crippen LogP contribution in [-0.4, -0.2) is 30.9 Å². The number of benzene rings is 1. The van der Waals surface area contributed by atoms with E-state index >= 15 is 0 Å². The lowest BCUT2D eigenvalue weighted by atomic mass is 10.1. The van der Waals surface area contributed by atoms with E-state index < -0.39 is 0 Å². The van der Waals surface area contributed by atoms with Gasteiger partial charge in [-0.2, -0.15) is 0 Å². The number of rotatable bonds is 0. The number of aromatic hydroxyl groups is 2. The van der Waals surface area contributed by atoms with Gasteiger partial charge >= 0.3 is 0 Å². The van der Waals surface area contributed by atoms with E-state index in [1.165, 1.54) is 0 Å². The minimum Gasteiger partial charge on any atom is -0.504 e. The van der Waals surface area contributed by atoms with Crippen LogP contribution in [-0.2, 0) is 6.42 Å². The van der Waals surface area contributed by atoms with E-state index in [0.29, 0.717) is 0 Å². The third kappa shape index (κ3) is 1.16. The zero-order valence-corrected chi connectivity index (χ0v) is 7.91. The van der Waals surface area contributed by atoms with Gasteiger partial charge < -0.3 is 10.2 Å². The van der Waals surface area contributed by atoms with Gasteiger partial charge in [0.15, 0.2) is 11.5 Å². The molecule has 0 aromatic heterocycles. The van der Waals surface area contributed by atoms with E-state index in [1.54, 1.807) is 12.1 Å². The average Bonchev–Trinajstić information content (AvgIpc) is 2.31. The smallest absolute Gasteiger partial charge is 0.163 e. The zero-order chi connectivity index (χ0) is 9.64. The van der Waals surface area contributed by atoms with E-state index in [4.69, 9.17) is 0 Å². The van der Waals surface area contributed by atoms with Crippen molar-refractivity contribution in [1.82, 2.24) is 4.48 Å². The Morgan fingerprint density at radius 1 is 1.15 bits per heavy atom. The number of hydrogen-bond acceptors (Lipinski definition) is 2. The molecule has 2 N–H and O–H groups in total. The molecule has 13 heavy (non-hydrogen) atoms. The highest BCUT2D eigenvalue weighted by Crippen LogP contribution is 2.39. The summed E-state index contributed by atoms with van der Waals surface area (Å²) in [5.74, 6) is -0.0347. The normalized spacial score (nSPS) is 18.6. The summed E-state index contributed by atoms with van der Waals surface area (Å²) in [5.41, 5.74) is 2.25. The zero-order valence-electron chi connectivity index (χ0n) is 7.91. The second-order valence-corrected chi connectivity index (χ2v) is 4.13. The van der Waals surface area contributed by atoms with E-state index in [9.17, 15) is 10.2 Å². The van der Waals surface area contributed by atoms with Gasteiger partial charge in [-0.15, -0.1) is 0 Å². The summed E-state index contributed by atoms with van der Waals surface area (Å²) in [7, 11) is 4.20. The maximum Gasteiger partial charge on any atom is 0.163 e. The molecule has 0 spiro atoms. The Hall–Kier alpha value is -1.22. The van der Waals surface area contributed by atoms with Crippen LogP contribution in [0.2, 0.25) is 0 Å². The van der Waals surface area contributed by atoms with Crippen molar-refractivity contribution in [3.05, 3.63) is 17.7 Å². The van der Waals surface area contributed by atoms with Crippen LogP contribution in [0.5, 0.6) is 11.5 Å². The molecule has 1 aromatic rings. The molecule has 1 aliphatic rings. The Kier molecular flexibility index (Phi) is 1.54. The molecule has 3 nitrogen and oxygen atoms in total. The largest absolute Gasteiger partial charge is 0.504 e. The van der Waals surface area contributed by atoms with Crippen LogP contribution in [0.15, 0.2) is 12.1 Å². The number of fused-ring (bicyclic) bond motifs is 1. The SMILES string of the molecule is C[N+]1(C)CCc2cc(O)c(O)cc21. The highest BCUT2D eigenvalue weighted by molar-refractivity contribution is 5.61. The third-order valence-electron chi connectivity index (χ3n) is 2.77. The molecule has 1 aliphatic heterocycles. The Morgan fingerprint density at radius 2 is 1.77 bits per heavy atom. The van der Waals surface area contributed by atoms with E-state index in [0.717, 1.165) is 28.7 Å². The van der Waals surface area contributed by atoms with E-state index in [2.05, 4.69) is 14.1 Å². The molecule has 0 unspecified atom stereocenters. The second-order valence-electron chi connectivity index (χ2n) is 4.13. The number of phenols is 2. The van der Waals surface area contributed by atoms with Gasteiger partial charge in [0.1, 0.15) is 5.69 Å². The number of nitrogens with zero attached hydrogens (tertiary/aromatic N) is 1. The van der Waals surface area contributed by atoms with Crippen molar-refractivity contribution < 1.29 is 10.2 Å². The van der Waals surface area contributed by atoms with Gasteiger partial charge in [0.25, 0.3) is 0 Å². The minimum atomic E-state index is -0.0214. The Labute approximate surface area is 77.4 Å². The first-order chi connectivity index (χ1) is 6.00. The molecule has 1 heterocycles. The molecule has 0 fully saturated rings. The summed E-state index contributed by atoms with van der Waals surface area (Å²) in [5, 5.41) is 18.7. The van der Waals surface area contributed by atoms with Gasteiger partial charge in [-0.25, -0.2) is 0 Å². The first-order valence-corrected chi connectivity index (χ1v) is 4.39. The molecule has 70 valence electrons. The Balaban J connectivity index is 2.61. The van der Waals surface area contributed by atoms with Gasteiger partial charge in [-0.3, -0.25) is 4.48 Å². The molecule has 1 aromatic carbocycles. The molecular formula is C10H14NO2+. The maximum absolute atomic E-state index is 9.36. The van der Waals surface area contributed by atoms with Gasteiger partial charge in [0.2, 0.25) is 0 Å². The highest BCUT2D eigenvalue weighted by atomic mass is 16.3. The number of phenolic OH excluding ortho intramolecular Hbond substituents is 2. The molecule has 0 amide bonds. The van der Waals surface area contributed by atoms with Crippen LogP contribution in [0.3, 0.4) is 0 Å². The molecule has 0 radical (unpaired) electrons. The minimum absolute atomic E-state index is 0.0133. The highest BCUT2D eigenvalue weighted by Gasteiger charge is 2.31. The van der Waals surface area contributed by atoms with Crippen LogP contribution >= 0.6 is 0 Å². The molecule has 0 atom stereocenters. The van der Waals surface area contributed by atoms with Crippen molar-refractivity contribution in [3.8, 4) is 11.5 Å². The fourth-order valence-electron chi connectivity index (χ4n) is 1.89. The predicted molar refractivity (Wildman–Crippen MR) is 52.0 cm³/mol. The van der Waals surface area contributed by atoms with Gasteiger partial charge in [0, 0.05) is 18.1 Å². The fraction of sp³-hybridized carbons (Fsp3) is 0.400. The summed E-state index contributed by atoms with van der Waals surface area (Å²) < 4.78 is 0.781. The topological polar surface area (TPSA) is 40.5 Å². The summed E-state index contributed by atoms with van der Waals surface area (Å²) in [6, 6.07) is 3.33. The average molecular weight is 180 g/mol. The summed E-state index contributed by atoms with van der Waals surface area (Å²) in [6.45, 7) is 1.03. The quantitative estimate of drug-likeness (QED) is 0.465. The van der Waals surface area contributed by atoms with E-state index in [-0.39, 0.29) is 11.5 Å². The standard InChI is InChI=1S/C10H13NO2/c1-11(2)4-3-7-5-9(12)10(13)6-8(7)11/h5-6H,3-4H2,1-2H3,(H-,12,13)/p+1. The van der Waals surface area contributed by atoms with Crippen LogP contribution in [0.1, 0.15) is 5.56 Å². The monoisotopic (exact) mass is 180 g/mol. The molecule has 0 saturated heterocycles. The van der Waals surface area contributed by atoms with Gasteiger partial charge in [-0.1, -0.05) is 0 Å². The lowest BCUT2D eigenvalue weighted by Crippen LogP contribution is -2.37. The van der Waals surface area contributed by atoms with Crippen molar-refractivity contribution in [2.75, 3.05) is 20.6 Å². The summed E-state index contributed by atoms with van der Waals surface area (Å²) in [6.07, 6.45) is 0.968. The van der Waals surface area contributed by atoms with Gasteiger partial charge in [-0.05, 0) is 6.07 Å². The summed E-state index contributed by atoms with van der Waals surface area (Å²) in [4.78, 5) is 0. The lowest BCUT2D eigenvalue weighted by molar-refractivity contribution is 0.399. The molecule has 2 rings (SSSR count). The van der Waals surface area contributed by atoms with Crippen molar-refractivity contribution in [1.29, 1.82) is 0 Å². The van der Waals surface area contributed by atoms with Crippen LogP contribution < -0.4 is 4.48 Å². The molecule has 0 bridgehead atoms. The molecular weight excluding hydrogens is 166 g/mol. The van der Waals surface area contributed by atoms with Gasteiger partial charge in [0.05, 0.1) is 20.6 Å². The molecule has 0 saturated carbocycles. The molecule has 3 heteroatoms. The fourth-order valence-corrected chi connectivity index (χ4v) is 1.89. The van der Waals surface area contributed by atoms with Crippen LogP contribution in [0, 0.1) is 0 Å². The lowest BCUT2D eigenvalue weighted by Gasteiger charge is -2.23. The first kappa shape index (κ1) is 8.38. The molecule has 0 aliphatic carbocycles. The number of quaternary nitrogens is 1. The summed E-state index contributed by atoms with van der Waals surface area (Å²) >= 11 is 0. The van der Waals surface area contributed by atoms with Crippen molar-refractivity contribution in [2.45, 2.75) is 6.42 Å². The predicted octanol–water partition coefficient (Wildman–Crippen LogP) is 1.22. The van der Waals surface area contributed by atoms with Crippen LogP contribution in [0.25, 0.3) is 0 Å². The Morgan fingerprint density at radius 3 is 2.46 bits per heavy atom. The third-order valence-corrected chi connectivity index (χ3v) is 2.77. The number of hydrogen-bond donors (Lipinski definition) is 2.